The number of benzene rings is 1. The summed E-state index contributed by atoms with van der Waals surface area (Å²) < 4.78 is 14.2. The fourth-order valence-corrected chi connectivity index (χ4v) is 2.05. The molecule has 0 bridgehead atoms. The first kappa shape index (κ1) is 8.05. The highest BCUT2D eigenvalue weighted by molar-refractivity contribution is 9.10. The first-order valence-electron chi connectivity index (χ1n) is 3.92. The number of fused-ring (bicyclic) bond motifs is 1. The summed E-state index contributed by atoms with van der Waals surface area (Å²) in [6, 6.07) is 3.58. The molecule has 1 aliphatic rings. The molecule has 0 saturated heterocycles. The van der Waals surface area contributed by atoms with Crippen LogP contribution in [0.1, 0.15) is 12.5 Å². The standard InChI is InChI=1S/C9H9BrFN/c1-5-4-6-7(10)2-3-8(11)9(6)12-5/h2-3,5,12H,4H2,1H3. The second kappa shape index (κ2) is 2.73. The van der Waals surface area contributed by atoms with Crippen molar-refractivity contribution in [3.8, 4) is 0 Å². The molecule has 64 valence electrons. The quantitative estimate of drug-likeness (QED) is 0.722. The van der Waals surface area contributed by atoms with Crippen molar-refractivity contribution in [1.82, 2.24) is 0 Å². The van der Waals surface area contributed by atoms with Gasteiger partial charge in [-0.25, -0.2) is 4.39 Å². The molecule has 2 rings (SSSR count). The predicted octanol–water partition coefficient (Wildman–Crippen LogP) is 2.94. The predicted molar refractivity (Wildman–Crippen MR) is 50.9 cm³/mol. The zero-order valence-electron chi connectivity index (χ0n) is 6.70. The summed E-state index contributed by atoms with van der Waals surface area (Å²) in [4.78, 5) is 0. The molecule has 0 fully saturated rings. The second-order valence-electron chi connectivity index (χ2n) is 3.13. The Morgan fingerprint density at radius 1 is 1.58 bits per heavy atom. The molecule has 1 heterocycles. The van der Waals surface area contributed by atoms with Crippen LogP contribution in [0.3, 0.4) is 0 Å². The monoisotopic (exact) mass is 229 g/mol. The SMILES string of the molecule is CC1Cc2c(Br)ccc(F)c2N1. The molecule has 0 aromatic heterocycles. The summed E-state index contributed by atoms with van der Waals surface area (Å²) in [6.07, 6.45) is 0.897. The normalized spacial score (nSPS) is 20.4. The minimum absolute atomic E-state index is 0.155. The lowest BCUT2D eigenvalue weighted by Crippen LogP contribution is -2.08. The Kier molecular flexibility index (Phi) is 1.83. The summed E-state index contributed by atoms with van der Waals surface area (Å²) in [6.45, 7) is 2.05. The van der Waals surface area contributed by atoms with Gasteiger partial charge in [0.2, 0.25) is 0 Å². The molecule has 1 nitrogen and oxygen atoms in total. The summed E-state index contributed by atoms with van der Waals surface area (Å²) in [5.41, 5.74) is 1.72. The third-order valence-corrected chi connectivity index (χ3v) is 2.85. The van der Waals surface area contributed by atoms with E-state index in [4.69, 9.17) is 0 Å². The van der Waals surface area contributed by atoms with E-state index in [1.54, 1.807) is 6.07 Å². The molecule has 0 amide bonds. The van der Waals surface area contributed by atoms with Crippen LogP contribution in [0.5, 0.6) is 0 Å². The van der Waals surface area contributed by atoms with Crippen molar-refractivity contribution in [3.63, 3.8) is 0 Å². The molecule has 1 aromatic carbocycles. The van der Waals surface area contributed by atoms with E-state index in [0.717, 1.165) is 16.5 Å². The largest absolute Gasteiger partial charge is 0.380 e. The Hall–Kier alpha value is -0.570. The van der Waals surface area contributed by atoms with E-state index in [2.05, 4.69) is 21.2 Å². The van der Waals surface area contributed by atoms with E-state index < -0.39 is 0 Å². The average molecular weight is 230 g/mol. The maximum Gasteiger partial charge on any atom is 0.146 e. The number of rotatable bonds is 0. The molecule has 1 aromatic rings. The minimum atomic E-state index is -0.155. The Morgan fingerprint density at radius 3 is 3.00 bits per heavy atom. The van der Waals surface area contributed by atoms with Crippen LogP contribution in [-0.4, -0.2) is 6.04 Å². The summed E-state index contributed by atoms with van der Waals surface area (Å²) in [5, 5.41) is 3.10. The van der Waals surface area contributed by atoms with Crippen LogP contribution in [0, 0.1) is 5.82 Å². The third kappa shape index (κ3) is 1.12. The van der Waals surface area contributed by atoms with Crippen LogP contribution >= 0.6 is 15.9 Å². The highest BCUT2D eigenvalue weighted by Crippen LogP contribution is 2.34. The number of hydrogen-bond donors (Lipinski definition) is 1. The lowest BCUT2D eigenvalue weighted by atomic mass is 10.1. The van der Waals surface area contributed by atoms with Crippen molar-refractivity contribution in [3.05, 3.63) is 28.0 Å². The number of hydrogen-bond acceptors (Lipinski definition) is 1. The van der Waals surface area contributed by atoms with Gasteiger partial charge < -0.3 is 5.32 Å². The molecule has 1 atom stereocenters. The lowest BCUT2D eigenvalue weighted by Gasteiger charge is -2.03. The average Bonchev–Trinajstić information content (AvgIpc) is 2.41. The maximum atomic E-state index is 13.2. The van der Waals surface area contributed by atoms with Gasteiger partial charge in [0.15, 0.2) is 0 Å². The van der Waals surface area contributed by atoms with E-state index in [1.165, 1.54) is 6.07 Å². The van der Waals surface area contributed by atoms with Gasteiger partial charge in [0, 0.05) is 10.5 Å². The number of nitrogens with one attached hydrogen (secondary N) is 1. The fraction of sp³-hybridized carbons (Fsp3) is 0.333. The first-order chi connectivity index (χ1) is 5.68. The van der Waals surface area contributed by atoms with Crippen LogP contribution in [0.15, 0.2) is 16.6 Å². The maximum absolute atomic E-state index is 13.2. The van der Waals surface area contributed by atoms with Gasteiger partial charge in [0.25, 0.3) is 0 Å². The summed E-state index contributed by atoms with van der Waals surface area (Å²) in [5.74, 6) is -0.155. The smallest absolute Gasteiger partial charge is 0.146 e. The Balaban J connectivity index is 2.56. The van der Waals surface area contributed by atoms with Crippen LogP contribution < -0.4 is 5.32 Å². The fourth-order valence-electron chi connectivity index (χ4n) is 1.55. The van der Waals surface area contributed by atoms with Gasteiger partial charge in [-0.1, -0.05) is 15.9 Å². The van der Waals surface area contributed by atoms with Gasteiger partial charge in [0.05, 0.1) is 5.69 Å². The van der Waals surface area contributed by atoms with E-state index >= 15 is 0 Å². The molecule has 0 saturated carbocycles. The summed E-state index contributed by atoms with van der Waals surface area (Å²) in [7, 11) is 0. The molecule has 0 radical (unpaired) electrons. The van der Waals surface area contributed by atoms with Crippen molar-refractivity contribution in [1.29, 1.82) is 0 Å². The molecule has 0 aliphatic carbocycles. The highest BCUT2D eigenvalue weighted by Gasteiger charge is 2.21. The zero-order valence-corrected chi connectivity index (χ0v) is 8.28. The van der Waals surface area contributed by atoms with E-state index in [0.29, 0.717) is 11.7 Å². The van der Waals surface area contributed by atoms with Gasteiger partial charge in [0.1, 0.15) is 5.82 Å². The highest BCUT2D eigenvalue weighted by atomic mass is 79.9. The van der Waals surface area contributed by atoms with Crippen LogP contribution in [0.2, 0.25) is 0 Å². The van der Waals surface area contributed by atoms with E-state index in [-0.39, 0.29) is 5.82 Å². The first-order valence-corrected chi connectivity index (χ1v) is 4.71. The molecule has 0 spiro atoms. The van der Waals surface area contributed by atoms with Crippen molar-refractivity contribution < 1.29 is 4.39 Å². The second-order valence-corrected chi connectivity index (χ2v) is 3.99. The van der Waals surface area contributed by atoms with Gasteiger partial charge in [-0.15, -0.1) is 0 Å². The van der Waals surface area contributed by atoms with Crippen molar-refractivity contribution in [2.75, 3.05) is 5.32 Å². The van der Waals surface area contributed by atoms with Crippen molar-refractivity contribution >= 4 is 21.6 Å². The van der Waals surface area contributed by atoms with Crippen LogP contribution in [0.25, 0.3) is 0 Å². The molecule has 1 unspecified atom stereocenters. The lowest BCUT2D eigenvalue weighted by molar-refractivity contribution is 0.630. The Bertz CT molecular complexity index is 294. The van der Waals surface area contributed by atoms with Crippen molar-refractivity contribution in [2.24, 2.45) is 0 Å². The van der Waals surface area contributed by atoms with E-state index in [9.17, 15) is 4.39 Å². The third-order valence-electron chi connectivity index (χ3n) is 2.11. The van der Waals surface area contributed by atoms with Gasteiger partial charge in [-0.05, 0) is 31.0 Å². The zero-order chi connectivity index (χ0) is 8.72. The van der Waals surface area contributed by atoms with Gasteiger partial charge in [-0.3, -0.25) is 0 Å². The molecular formula is C9H9BrFN. The molecule has 3 heteroatoms. The number of anilines is 1. The van der Waals surface area contributed by atoms with E-state index in [1.807, 2.05) is 6.92 Å². The minimum Gasteiger partial charge on any atom is -0.380 e. The van der Waals surface area contributed by atoms with Crippen LogP contribution in [0.4, 0.5) is 10.1 Å². The Morgan fingerprint density at radius 2 is 2.33 bits per heavy atom. The van der Waals surface area contributed by atoms with Crippen LogP contribution in [-0.2, 0) is 6.42 Å². The molecular weight excluding hydrogens is 221 g/mol. The number of halogens is 2. The summed E-state index contributed by atoms with van der Waals surface area (Å²) >= 11 is 3.40. The topological polar surface area (TPSA) is 12.0 Å². The van der Waals surface area contributed by atoms with Gasteiger partial charge >= 0.3 is 0 Å². The van der Waals surface area contributed by atoms with Gasteiger partial charge in [-0.2, -0.15) is 0 Å². The Labute approximate surface area is 79.1 Å². The van der Waals surface area contributed by atoms with Crippen molar-refractivity contribution in [2.45, 2.75) is 19.4 Å². The molecule has 1 aliphatic heterocycles. The molecule has 12 heavy (non-hydrogen) atoms. The molecule has 1 N–H and O–H groups in total.